The van der Waals surface area contributed by atoms with Gasteiger partial charge < -0.3 is 33.5 Å². The summed E-state index contributed by atoms with van der Waals surface area (Å²) in [5, 5.41) is 10.4. The first-order valence-corrected chi connectivity index (χ1v) is 17.1. The molecule has 0 aromatic heterocycles. The molecule has 2 saturated heterocycles. The lowest BCUT2D eigenvalue weighted by molar-refractivity contribution is -0.203. The van der Waals surface area contributed by atoms with Crippen LogP contribution in [0.3, 0.4) is 0 Å². The van der Waals surface area contributed by atoms with Crippen molar-refractivity contribution >= 4 is 5.97 Å². The normalized spacial score (nSPS) is 31.6. The SMILES string of the molecule is CC=CC(CC(CCC=C(C)C)C1C(OC2CCCCO2)CC2C=C(C(CO)C(OC)C(=O)OC)CC21)OC1CCCCO1. The predicted octanol–water partition coefficient (Wildman–Crippen LogP) is 6.52. The lowest BCUT2D eigenvalue weighted by atomic mass is 9.74. The fraction of sp³-hybridized carbons (Fsp3) is 0.806. The molecule has 250 valence electrons. The van der Waals surface area contributed by atoms with Gasteiger partial charge in [-0.1, -0.05) is 35.5 Å². The van der Waals surface area contributed by atoms with Gasteiger partial charge in [-0.3, -0.25) is 0 Å². The molecule has 2 aliphatic heterocycles. The van der Waals surface area contributed by atoms with Crippen molar-refractivity contribution in [3.05, 3.63) is 35.5 Å². The molecule has 8 heteroatoms. The molecular formula is C36H58O8. The lowest BCUT2D eigenvalue weighted by Gasteiger charge is -2.37. The molecular weight excluding hydrogens is 560 g/mol. The van der Waals surface area contributed by atoms with Crippen molar-refractivity contribution in [3.8, 4) is 0 Å². The van der Waals surface area contributed by atoms with Gasteiger partial charge in [0, 0.05) is 26.2 Å². The number of carbonyl (C=O) groups is 1. The number of ether oxygens (including phenoxy) is 6. The summed E-state index contributed by atoms with van der Waals surface area (Å²) in [6.07, 6.45) is 18.8. The third-order valence-corrected chi connectivity index (χ3v) is 10.1. The first kappa shape index (κ1) is 35.3. The topological polar surface area (TPSA) is 92.7 Å². The third-order valence-electron chi connectivity index (χ3n) is 10.1. The minimum atomic E-state index is -0.826. The van der Waals surface area contributed by atoms with Gasteiger partial charge in [-0.05, 0) is 115 Å². The van der Waals surface area contributed by atoms with Crippen molar-refractivity contribution < 1.29 is 38.3 Å². The van der Waals surface area contributed by atoms with E-state index >= 15 is 0 Å². The van der Waals surface area contributed by atoms with Crippen LogP contribution in [0.15, 0.2) is 35.5 Å². The number of rotatable bonds is 16. The Balaban J connectivity index is 1.61. The van der Waals surface area contributed by atoms with Crippen LogP contribution < -0.4 is 0 Å². The zero-order valence-corrected chi connectivity index (χ0v) is 27.8. The van der Waals surface area contributed by atoms with Crippen molar-refractivity contribution in [2.75, 3.05) is 34.0 Å². The molecule has 2 heterocycles. The van der Waals surface area contributed by atoms with Crippen LogP contribution in [0, 0.1) is 29.6 Å². The second-order valence-electron chi connectivity index (χ2n) is 13.4. The molecule has 0 aromatic rings. The average Bonchev–Trinajstić information content (AvgIpc) is 3.57. The van der Waals surface area contributed by atoms with E-state index in [-0.39, 0.29) is 37.3 Å². The van der Waals surface area contributed by atoms with E-state index in [4.69, 9.17) is 28.4 Å². The Hall–Kier alpha value is -1.55. The highest BCUT2D eigenvalue weighted by Gasteiger charge is 2.51. The minimum Gasteiger partial charge on any atom is -0.467 e. The Morgan fingerprint density at radius 2 is 1.82 bits per heavy atom. The molecule has 3 fully saturated rings. The molecule has 2 aliphatic carbocycles. The van der Waals surface area contributed by atoms with Gasteiger partial charge in [0.25, 0.3) is 0 Å². The predicted molar refractivity (Wildman–Crippen MR) is 170 cm³/mol. The van der Waals surface area contributed by atoms with Crippen LogP contribution >= 0.6 is 0 Å². The highest BCUT2D eigenvalue weighted by molar-refractivity contribution is 5.75. The summed E-state index contributed by atoms with van der Waals surface area (Å²) < 4.78 is 36.1. The molecule has 0 aromatic carbocycles. The summed E-state index contributed by atoms with van der Waals surface area (Å²) in [6.45, 7) is 7.73. The number of fused-ring (bicyclic) bond motifs is 1. The van der Waals surface area contributed by atoms with Gasteiger partial charge in [-0.15, -0.1) is 0 Å². The maximum atomic E-state index is 12.6. The summed E-state index contributed by atoms with van der Waals surface area (Å²) in [5.41, 5.74) is 2.43. The largest absolute Gasteiger partial charge is 0.467 e. The van der Waals surface area contributed by atoms with Crippen LogP contribution in [-0.2, 0) is 33.2 Å². The summed E-state index contributed by atoms with van der Waals surface area (Å²) in [4.78, 5) is 12.6. The second-order valence-corrected chi connectivity index (χ2v) is 13.4. The molecule has 0 bridgehead atoms. The summed E-state index contributed by atoms with van der Waals surface area (Å²) in [7, 11) is 2.87. The number of carbonyl (C=O) groups excluding carboxylic acids is 1. The van der Waals surface area contributed by atoms with Gasteiger partial charge in [0.1, 0.15) is 0 Å². The number of allylic oxidation sites excluding steroid dienone is 4. The molecule has 1 saturated carbocycles. The van der Waals surface area contributed by atoms with Crippen LogP contribution in [-0.4, -0.2) is 76.0 Å². The molecule has 0 amide bonds. The Morgan fingerprint density at radius 1 is 1.09 bits per heavy atom. The minimum absolute atomic E-state index is 0.0401. The molecule has 10 unspecified atom stereocenters. The van der Waals surface area contributed by atoms with Gasteiger partial charge in [0.15, 0.2) is 18.7 Å². The molecule has 44 heavy (non-hydrogen) atoms. The van der Waals surface area contributed by atoms with E-state index in [9.17, 15) is 9.90 Å². The molecule has 4 aliphatic rings. The van der Waals surface area contributed by atoms with E-state index in [0.29, 0.717) is 17.8 Å². The van der Waals surface area contributed by atoms with Crippen LogP contribution in [0.1, 0.15) is 91.4 Å². The van der Waals surface area contributed by atoms with Gasteiger partial charge in [-0.2, -0.15) is 0 Å². The van der Waals surface area contributed by atoms with Gasteiger partial charge in [0.2, 0.25) is 0 Å². The van der Waals surface area contributed by atoms with E-state index in [1.165, 1.54) is 19.8 Å². The summed E-state index contributed by atoms with van der Waals surface area (Å²) >= 11 is 0. The molecule has 10 atom stereocenters. The van der Waals surface area contributed by atoms with Crippen molar-refractivity contribution in [1.82, 2.24) is 0 Å². The fourth-order valence-electron chi connectivity index (χ4n) is 8.05. The maximum absolute atomic E-state index is 12.6. The quantitative estimate of drug-likeness (QED) is 0.154. The van der Waals surface area contributed by atoms with Crippen molar-refractivity contribution in [2.24, 2.45) is 29.6 Å². The average molecular weight is 619 g/mol. The van der Waals surface area contributed by atoms with Gasteiger partial charge in [0.05, 0.1) is 25.9 Å². The number of hydrogen-bond acceptors (Lipinski definition) is 8. The first-order valence-electron chi connectivity index (χ1n) is 17.1. The second kappa shape index (κ2) is 18.0. The van der Waals surface area contributed by atoms with E-state index in [2.05, 4.69) is 45.1 Å². The van der Waals surface area contributed by atoms with Crippen LogP contribution in [0.2, 0.25) is 0 Å². The van der Waals surface area contributed by atoms with E-state index in [1.807, 2.05) is 0 Å². The lowest BCUT2D eigenvalue weighted by Crippen LogP contribution is -2.38. The highest BCUT2D eigenvalue weighted by Crippen LogP contribution is 2.54. The standard InChI is InChI=1S/C36H58O8/c1-6-12-28(43-32-15-7-9-17-41-32)20-25(14-11-13-24(2)3)34-29-21-26(30(23-37)35(39-4)36(38)40-5)19-27(29)22-31(34)44-33-16-8-10-18-42-33/h6,12-13,19,25,27-35,37H,7-11,14-18,20-23H2,1-5H3. The number of aliphatic hydroxyl groups excluding tert-OH is 1. The smallest absolute Gasteiger partial charge is 0.335 e. The van der Waals surface area contributed by atoms with Crippen molar-refractivity contribution in [1.29, 1.82) is 0 Å². The summed E-state index contributed by atoms with van der Waals surface area (Å²) in [5.74, 6) is 0.405. The fourth-order valence-corrected chi connectivity index (χ4v) is 8.05. The highest BCUT2D eigenvalue weighted by atomic mass is 16.7. The molecule has 4 rings (SSSR count). The zero-order valence-electron chi connectivity index (χ0n) is 27.8. The van der Waals surface area contributed by atoms with Crippen molar-refractivity contribution in [3.63, 3.8) is 0 Å². The Labute approximate surface area is 265 Å². The van der Waals surface area contributed by atoms with Crippen LogP contribution in [0.25, 0.3) is 0 Å². The third kappa shape index (κ3) is 9.49. The molecule has 1 N–H and O–H groups in total. The Bertz CT molecular complexity index is 959. The Morgan fingerprint density at radius 3 is 2.41 bits per heavy atom. The number of methoxy groups -OCH3 is 2. The van der Waals surface area contributed by atoms with Gasteiger partial charge in [-0.25, -0.2) is 4.79 Å². The van der Waals surface area contributed by atoms with Crippen LogP contribution in [0.5, 0.6) is 0 Å². The Kier molecular flexibility index (Phi) is 14.4. The van der Waals surface area contributed by atoms with Gasteiger partial charge >= 0.3 is 5.97 Å². The monoisotopic (exact) mass is 618 g/mol. The summed E-state index contributed by atoms with van der Waals surface area (Å²) in [6, 6.07) is 0. The van der Waals surface area contributed by atoms with Crippen LogP contribution in [0.4, 0.5) is 0 Å². The first-order chi connectivity index (χ1) is 21.4. The molecule has 0 radical (unpaired) electrons. The van der Waals surface area contributed by atoms with E-state index in [0.717, 1.165) is 89.4 Å². The van der Waals surface area contributed by atoms with E-state index < -0.39 is 18.0 Å². The zero-order chi connectivity index (χ0) is 31.5. The maximum Gasteiger partial charge on any atom is 0.335 e. The number of hydrogen-bond donors (Lipinski definition) is 1. The number of aliphatic hydroxyl groups is 1. The van der Waals surface area contributed by atoms with Crippen molar-refractivity contribution in [2.45, 2.75) is 122 Å². The number of esters is 1. The molecule has 0 spiro atoms. The van der Waals surface area contributed by atoms with E-state index in [1.54, 1.807) is 0 Å². The molecule has 8 nitrogen and oxygen atoms in total.